The number of aromatic amines is 1. The molecule has 2 aromatic rings. The van der Waals surface area contributed by atoms with Gasteiger partial charge in [0.25, 0.3) is 5.69 Å². The van der Waals surface area contributed by atoms with E-state index in [2.05, 4.69) is 20.5 Å². The van der Waals surface area contributed by atoms with Crippen LogP contribution in [0.25, 0.3) is 0 Å². The Morgan fingerprint density at radius 3 is 2.76 bits per heavy atom. The van der Waals surface area contributed by atoms with Crippen molar-refractivity contribution in [1.29, 1.82) is 0 Å². The number of nitrogens with one attached hydrogen (secondary N) is 2. The third kappa shape index (κ3) is 4.88. The van der Waals surface area contributed by atoms with Crippen molar-refractivity contribution in [2.75, 3.05) is 12.3 Å². The average Bonchev–Trinajstić information content (AvgIpc) is 2.99. The number of nitro groups is 1. The number of hydrogen-bond donors (Lipinski definition) is 2. The summed E-state index contributed by atoms with van der Waals surface area (Å²) in [6.07, 6.45) is 2.01. The first-order valence-corrected chi connectivity index (χ1v) is 7.12. The fraction of sp³-hybridized carbons (Fsp3) is 0.250. The number of H-pyrrole nitrogens is 1. The fourth-order valence-corrected chi connectivity index (χ4v) is 2.26. The predicted octanol–water partition coefficient (Wildman–Crippen LogP) is 1.16. The molecule has 1 amide bonds. The molecule has 1 aromatic carbocycles. The van der Waals surface area contributed by atoms with Gasteiger partial charge < -0.3 is 5.32 Å². The molecule has 0 aliphatic carbocycles. The quantitative estimate of drug-likeness (QED) is 0.451. The Kier molecular flexibility index (Phi) is 5.27. The van der Waals surface area contributed by atoms with Crippen LogP contribution < -0.4 is 5.32 Å². The summed E-state index contributed by atoms with van der Waals surface area (Å²) >= 11 is 1.33. The summed E-state index contributed by atoms with van der Waals surface area (Å²) < 4.78 is 0. The first-order valence-electron chi connectivity index (χ1n) is 6.13. The summed E-state index contributed by atoms with van der Waals surface area (Å²) in [5, 5.41) is 19.7. The van der Waals surface area contributed by atoms with Crippen LogP contribution in [0.1, 0.15) is 5.82 Å². The molecule has 0 spiro atoms. The van der Waals surface area contributed by atoms with Gasteiger partial charge in [0.1, 0.15) is 12.2 Å². The van der Waals surface area contributed by atoms with Crippen LogP contribution in [0.15, 0.2) is 35.5 Å². The molecule has 0 aliphatic heterocycles. The van der Waals surface area contributed by atoms with Crippen molar-refractivity contribution in [2.24, 2.45) is 0 Å². The van der Waals surface area contributed by atoms with Crippen LogP contribution in [0, 0.1) is 10.1 Å². The maximum absolute atomic E-state index is 11.6. The molecule has 1 heterocycles. The predicted molar refractivity (Wildman–Crippen MR) is 76.9 cm³/mol. The lowest BCUT2D eigenvalue weighted by atomic mass is 10.3. The molecule has 8 nitrogen and oxygen atoms in total. The summed E-state index contributed by atoms with van der Waals surface area (Å²) in [6.45, 7) is 0.481. The van der Waals surface area contributed by atoms with E-state index in [-0.39, 0.29) is 17.3 Å². The molecule has 0 radical (unpaired) electrons. The van der Waals surface area contributed by atoms with Crippen molar-refractivity contribution in [2.45, 2.75) is 11.3 Å². The zero-order chi connectivity index (χ0) is 15.1. The Labute approximate surface area is 124 Å². The number of rotatable bonds is 7. The molecule has 0 bridgehead atoms. The van der Waals surface area contributed by atoms with Crippen LogP contribution in [-0.4, -0.2) is 38.3 Å². The minimum absolute atomic E-state index is 0.0378. The summed E-state index contributed by atoms with van der Waals surface area (Å²) in [5.41, 5.74) is 0.0378. The first-order chi connectivity index (χ1) is 10.1. The number of aromatic nitrogens is 3. The molecular formula is C12H13N5O3S. The summed E-state index contributed by atoms with van der Waals surface area (Å²) in [4.78, 5) is 26.5. The minimum Gasteiger partial charge on any atom is -0.355 e. The monoisotopic (exact) mass is 307 g/mol. The number of nitro benzene ring substituents is 1. The molecule has 1 aromatic heterocycles. The molecule has 0 saturated heterocycles. The van der Waals surface area contributed by atoms with Crippen molar-refractivity contribution in [3.8, 4) is 0 Å². The van der Waals surface area contributed by atoms with Crippen molar-refractivity contribution in [3.05, 3.63) is 46.5 Å². The normalized spacial score (nSPS) is 10.3. The number of amides is 1. The standard InChI is InChI=1S/C12H13N5O3S/c18-12(13-6-5-11-14-8-15-16-11)7-21-10-3-1-9(2-4-10)17(19)20/h1-4,8H,5-7H2,(H,13,18)(H,14,15,16). The lowest BCUT2D eigenvalue weighted by Crippen LogP contribution is -2.27. The first kappa shape index (κ1) is 15.0. The molecule has 2 N–H and O–H groups in total. The molecule has 0 unspecified atom stereocenters. The number of nitrogens with zero attached hydrogens (tertiary/aromatic N) is 3. The van der Waals surface area contributed by atoms with Crippen LogP contribution in [0.2, 0.25) is 0 Å². The van der Waals surface area contributed by atoms with Gasteiger partial charge in [-0.25, -0.2) is 4.98 Å². The minimum atomic E-state index is -0.454. The Bertz CT molecular complexity index is 600. The Balaban J connectivity index is 1.69. The zero-order valence-electron chi connectivity index (χ0n) is 11.0. The van der Waals surface area contributed by atoms with Crippen LogP contribution in [-0.2, 0) is 11.2 Å². The highest BCUT2D eigenvalue weighted by Gasteiger charge is 2.06. The third-order valence-corrected chi connectivity index (χ3v) is 3.58. The summed E-state index contributed by atoms with van der Waals surface area (Å²) in [6, 6.07) is 6.10. The maximum Gasteiger partial charge on any atom is 0.269 e. The lowest BCUT2D eigenvalue weighted by Gasteiger charge is -2.04. The number of carbonyl (C=O) groups is 1. The molecule has 0 aliphatic rings. The van der Waals surface area contributed by atoms with Gasteiger partial charge in [-0.05, 0) is 12.1 Å². The topological polar surface area (TPSA) is 114 Å². The van der Waals surface area contributed by atoms with Crippen molar-refractivity contribution in [1.82, 2.24) is 20.5 Å². The van der Waals surface area contributed by atoms with Crippen molar-refractivity contribution >= 4 is 23.4 Å². The highest BCUT2D eigenvalue weighted by molar-refractivity contribution is 8.00. The largest absolute Gasteiger partial charge is 0.355 e. The van der Waals surface area contributed by atoms with E-state index >= 15 is 0 Å². The van der Waals surface area contributed by atoms with Gasteiger partial charge in [-0.1, -0.05) is 0 Å². The van der Waals surface area contributed by atoms with Gasteiger partial charge in [-0.3, -0.25) is 20.0 Å². The van der Waals surface area contributed by atoms with Crippen LogP contribution in [0.5, 0.6) is 0 Å². The molecule has 0 saturated carbocycles. The van der Waals surface area contributed by atoms with Gasteiger partial charge in [0.15, 0.2) is 0 Å². The lowest BCUT2D eigenvalue weighted by molar-refractivity contribution is -0.384. The van der Waals surface area contributed by atoms with Crippen molar-refractivity contribution < 1.29 is 9.72 Å². The van der Waals surface area contributed by atoms with Gasteiger partial charge in [0.2, 0.25) is 5.91 Å². The number of non-ortho nitro benzene ring substituents is 1. The summed E-state index contributed by atoms with van der Waals surface area (Å²) in [7, 11) is 0. The second-order valence-corrected chi connectivity index (χ2v) is 5.12. The number of carbonyl (C=O) groups excluding carboxylic acids is 1. The van der Waals surface area contributed by atoms with Crippen molar-refractivity contribution in [3.63, 3.8) is 0 Å². The Morgan fingerprint density at radius 2 is 2.14 bits per heavy atom. The SMILES string of the molecule is O=C(CSc1ccc([N+](=O)[O-])cc1)NCCc1ncn[nH]1. The second-order valence-electron chi connectivity index (χ2n) is 4.07. The zero-order valence-corrected chi connectivity index (χ0v) is 11.8. The molecule has 9 heteroatoms. The van der Waals surface area contributed by atoms with Gasteiger partial charge in [-0.2, -0.15) is 5.10 Å². The number of benzene rings is 1. The smallest absolute Gasteiger partial charge is 0.269 e. The van der Waals surface area contributed by atoms with Crippen LogP contribution >= 0.6 is 11.8 Å². The van der Waals surface area contributed by atoms with Gasteiger partial charge in [0.05, 0.1) is 10.7 Å². The van der Waals surface area contributed by atoms with Gasteiger partial charge in [0, 0.05) is 30.0 Å². The highest BCUT2D eigenvalue weighted by atomic mass is 32.2. The molecular weight excluding hydrogens is 294 g/mol. The second kappa shape index (κ2) is 7.39. The number of hydrogen-bond acceptors (Lipinski definition) is 6. The molecule has 0 atom stereocenters. The molecule has 21 heavy (non-hydrogen) atoms. The van der Waals surface area contributed by atoms with E-state index in [9.17, 15) is 14.9 Å². The highest BCUT2D eigenvalue weighted by Crippen LogP contribution is 2.20. The van der Waals surface area contributed by atoms with E-state index in [0.29, 0.717) is 13.0 Å². The summed E-state index contributed by atoms with van der Waals surface area (Å²) in [5.74, 6) is 0.880. The van der Waals surface area contributed by atoms with E-state index in [1.54, 1.807) is 12.1 Å². The van der Waals surface area contributed by atoms with E-state index < -0.39 is 4.92 Å². The van der Waals surface area contributed by atoms with E-state index in [4.69, 9.17) is 0 Å². The Hall–Kier alpha value is -2.42. The van der Waals surface area contributed by atoms with E-state index in [1.165, 1.54) is 30.2 Å². The molecule has 0 fully saturated rings. The number of thioether (sulfide) groups is 1. The van der Waals surface area contributed by atoms with E-state index in [0.717, 1.165) is 10.7 Å². The molecule has 2 rings (SSSR count). The van der Waals surface area contributed by atoms with Gasteiger partial charge in [-0.15, -0.1) is 11.8 Å². The fourth-order valence-electron chi connectivity index (χ4n) is 1.54. The Morgan fingerprint density at radius 1 is 1.38 bits per heavy atom. The third-order valence-electron chi connectivity index (χ3n) is 2.57. The molecule has 110 valence electrons. The average molecular weight is 307 g/mol. The van der Waals surface area contributed by atoms with Crippen LogP contribution in [0.4, 0.5) is 5.69 Å². The van der Waals surface area contributed by atoms with Crippen LogP contribution in [0.3, 0.4) is 0 Å². The maximum atomic E-state index is 11.6. The van der Waals surface area contributed by atoms with E-state index in [1.807, 2.05) is 0 Å². The van der Waals surface area contributed by atoms with Gasteiger partial charge >= 0.3 is 0 Å².